The molecule has 62 valence electrons. The fraction of sp³-hybridized carbons (Fsp3) is 0.500. The molecule has 0 bridgehead atoms. The van der Waals surface area contributed by atoms with Crippen molar-refractivity contribution in [3.05, 3.63) is 23.1 Å². The van der Waals surface area contributed by atoms with Crippen molar-refractivity contribution in [1.82, 2.24) is 0 Å². The predicted octanol–water partition coefficient (Wildman–Crippen LogP) is 1.51. The zero-order valence-corrected chi connectivity index (χ0v) is 7.56. The summed E-state index contributed by atoms with van der Waals surface area (Å²) < 4.78 is 22.1. The summed E-state index contributed by atoms with van der Waals surface area (Å²) in [6.45, 7) is 2.01. The lowest BCUT2D eigenvalue weighted by molar-refractivity contribution is 0.601. The smallest absolute Gasteiger partial charge is 0.171 e. The van der Waals surface area contributed by atoms with E-state index in [1.54, 1.807) is 6.08 Å². The summed E-state index contributed by atoms with van der Waals surface area (Å²) in [4.78, 5) is 0.549. The summed E-state index contributed by atoms with van der Waals surface area (Å²) in [5.41, 5.74) is 0. The van der Waals surface area contributed by atoms with Gasteiger partial charge in [0.05, 0.1) is 0 Å². The van der Waals surface area contributed by atoms with E-state index in [9.17, 15) is 8.42 Å². The molecule has 0 aromatic heterocycles. The highest BCUT2D eigenvalue weighted by molar-refractivity contribution is 7.94. The molecule has 0 aromatic rings. The van der Waals surface area contributed by atoms with Crippen molar-refractivity contribution in [1.29, 1.82) is 0 Å². The molecule has 2 nitrogen and oxygen atoms in total. The van der Waals surface area contributed by atoms with E-state index in [0.29, 0.717) is 17.2 Å². The van der Waals surface area contributed by atoms with Crippen LogP contribution in [0.5, 0.6) is 0 Å². The molecule has 1 aliphatic rings. The first-order valence-electron chi connectivity index (χ1n) is 3.57. The van der Waals surface area contributed by atoms with Crippen LogP contribution in [-0.2, 0) is 9.84 Å². The van der Waals surface area contributed by atoms with Crippen molar-refractivity contribution in [2.24, 2.45) is 5.92 Å². The second-order valence-electron chi connectivity index (χ2n) is 2.97. The summed E-state index contributed by atoms with van der Waals surface area (Å²) >= 11 is 0. The van der Waals surface area contributed by atoms with E-state index in [-0.39, 0.29) is 0 Å². The minimum atomic E-state index is -2.95. The van der Waals surface area contributed by atoms with Gasteiger partial charge in [-0.2, -0.15) is 0 Å². The quantitative estimate of drug-likeness (QED) is 0.601. The molecule has 0 saturated carbocycles. The van der Waals surface area contributed by atoms with Crippen LogP contribution in [-0.4, -0.2) is 14.7 Å². The third-order valence-corrected chi connectivity index (χ3v) is 2.98. The van der Waals surface area contributed by atoms with Crippen molar-refractivity contribution < 1.29 is 8.42 Å². The van der Waals surface area contributed by atoms with E-state index in [2.05, 4.69) is 0 Å². The average Bonchev–Trinajstić information content (AvgIpc) is 1.86. The van der Waals surface area contributed by atoms with E-state index in [0.717, 1.165) is 0 Å². The summed E-state index contributed by atoms with van der Waals surface area (Å²) in [7, 11) is -2.95. The number of hydrogen-bond donors (Lipinski definition) is 0. The molecular formula is C8H12O2S. The van der Waals surface area contributed by atoms with Crippen LogP contribution >= 0.6 is 0 Å². The highest BCUT2D eigenvalue weighted by Crippen LogP contribution is 2.21. The van der Waals surface area contributed by atoms with Gasteiger partial charge in [-0.15, -0.1) is 0 Å². The van der Waals surface area contributed by atoms with Crippen LogP contribution in [0, 0.1) is 5.92 Å². The second-order valence-corrected chi connectivity index (χ2v) is 5.04. The zero-order valence-electron chi connectivity index (χ0n) is 6.74. The first-order chi connectivity index (χ1) is 5.00. The maximum atomic E-state index is 11.0. The predicted molar refractivity (Wildman–Crippen MR) is 45.8 cm³/mol. The monoisotopic (exact) mass is 172 g/mol. The Morgan fingerprint density at radius 3 is 2.55 bits per heavy atom. The highest BCUT2D eigenvalue weighted by Gasteiger charge is 2.14. The third kappa shape index (κ3) is 2.19. The van der Waals surface area contributed by atoms with Gasteiger partial charge in [0.25, 0.3) is 0 Å². The van der Waals surface area contributed by atoms with Gasteiger partial charge in [0.15, 0.2) is 9.84 Å². The van der Waals surface area contributed by atoms with Crippen molar-refractivity contribution in [3.8, 4) is 0 Å². The second kappa shape index (κ2) is 2.81. The molecule has 1 aliphatic carbocycles. The highest BCUT2D eigenvalue weighted by atomic mass is 32.2. The number of rotatable bonds is 1. The molecule has 0 spiro atoms. The maximum absolute atomic E-state index is 11.0. The number of hydrogen-bond acceptors (Lipinski definition) is 2. The Bertz CT molecular complexity index is 296. The van der Waals surface area contributed by atoms with Gasteiger partial charge in [0.1, 0.15) is 0 Å². The van der Waals surface area contributed by atoms with Gasteiger partial charge in [0.2, 0.25) is 0 Å². The van der Waals surface area contributed by atoms with Crippen LogP contribution in [0.25, 0.3) is 0 Å². The SMILES string of the molecule is C[C@@H]1C=CC=C(S(C)(=O)=O)C1. The van der Waals surface area contributed by atoms with E-state index in [1.807, 2.05) is 19.1 Å². The minimum absolute atomic E-state index is 0.352. The van der Waals surface area contributed by atoms with Crippen LogP contribution in [0.4, 0.5) is 0 Å². The van der Waals surface area contributed by atoms with Gasteiger partial charge in [-0.05, 0) is 18.4 Å². The molecule has 0 amide bonds. The molecule has 11 heavy (non-hydrogen) atoms. The largest absolute Gasteiger partial charge is 0.224 e. The fourth-order valence-electron chi connectivity index (χ4n) is 1.08. The molecule has 0 unspecified atom stereocenters. The van der Waals surface area contributed by atoms with Gasteiger partial charge < -0.3 is 0 Å². The molecular weight excluding hydrogens is 160 g/mol. The van der Waals surface area contributed by atoms with Gasteiger partial charge in [-0.3, -0.25) is 0 Å². The van der Waals surface area contributed by atoms with Crippen molar-refractivity contribution in [2.75, 3.05) is 6.26 Å². The maximum Gasteiger partial charge on any atom is 0.171 e. The molecule has 0 aliphatic heterocycles. The van der Waals surface area contributed by atoms with Crippen LogP contribution in [0.3, 0.4) is 0 Å². The Hall–Kier alpha value is -0.570. The van der Waals surface area contributed by atoms with E-state index in [4.69, 9.17) is 0 Å². The zero-order chi connectivity index (χ0) is 8.48. The minimum Gasteiger partial charge on any atom is -0.224 e. The van der Waals surface area contributed by atoms with Crippen LogP contribution in [0.2, 0.25) is 0 Å². The summed E-state index contributed by atoms with van der Waals surface area (Å²) in [6, 6.07) is 0. The lowest BCUT2D eigenvalue weighted by atomic mass is 10.0. The number of sulfone groups is 1. The summed E-state index contributed by atoms with van der Waals surface area (Å²) in [5.74, 6) is 0.352. The molecule has 1 atom stereocenters. The van der Waals surface area contributed by atoms with E-state index in [1.165, 1.54) is 6.26 Å². The first-order valence-corrected chi connectivity index (χ1v) is 5.46. The Balaban J connectivity index is 2.92. The Kier molecular flexibility index (Phi) is 2.18. The van der Waals surface area contributed by atoms with Crippen molar-refractivity contribution in [3.63, 3.8) is 0 Å². The molecule has 0 radical (unpaired) electrons. The molecule has 3 heteroatoms. The van der Waals surface area contributed by atoms with Gasteiger partial charge in [0, 0.05) is 11.2 Å². The molecule has 1 rings (SSSR count). The fourth-order valence-corrected chi connectivity index (χ4v) is 1.97. The summed E-state index contributed by atoms with van der Waals surface area (Å²) in [6.07, 6.45) is 7.40. The normalized spacial score (nSPS) is 24.9. The molecule has 0 saturated heterocycles. The molecule has 0 aromatic carbocycles. The lowest BCUT2D eigenvalue weighted by Crippen LogP contribution is -2.06. The Labute approximate surface area is 67.5 Å². The molecule has 0 N–H and O–H groups in total. The standard InChI is InChI=1S/C8H12O2S/c1-7-4-3-5-8(6-7)11(2,9)10/h3-5,7H,6H2,1-2H3/t7-/m1/s1. The van der Waals surface area contributed by atoms with Gasteiger partial charge >= 0.3 is 0 Å². The Morgan fingerprint density at radius 2 is 2.18 bits per heavy atom. The van der Waals surface area contributed by atoms with E-state index < -0.39 is 9.84 Å². The summed E-state index contributed by atoms with van der Waals surface area (Å²) in [5, 5.41) is 0. The van der Waals surface area contributed by atoms with Crippen LogP contribution in [0.15, 0.2) is 23.1 Å². The van der Waals surface area contributed by atoms with Crippen LogP contribution in [0.1, 0.15) is 13.3 Å². The average molecular weight is 172 g/mol. The van der Waals surface area contributed by atoms with Crippen LogP contribution < -0.4 is 0 Å². The van der Waals surface area contributed by atoms with Crippen molar-refractivity contribution >= 4 is 9.84 Å². The van der Waals surface area contributed by atoms with Gasteiger partial charge in [-0.25, -0.2) is 8.42 Å². The Morgan fingerprint density at radius 1 is 1.55 bits per heavy atom. The van der Waals surface area contributed by atoms with Crippen molar-refractivity contribution in [2.45, 2.75) is 13.3 Å². The van der Waals surface area contributed by atoms with E-state index >= 15 is 0 Å². The molecule has 0 heterocycles. The lowest BCUT2D eigenvalue weighted by Gasteiger charge is -2.11. The first kappa shape index (κ1) is 8.53. The van der Waals surface area contributed by atoms with Gasteiger partial charge in [-0.1, -0.05) is 19.1 Å². The number of allylic oxidation sites excluding steroid dienone is 4. The molecule has 0 fully saturated rings. The third-order valence-electron chi connectivity index (χ3n) is 1.72. The topological polar surface area (TPSA) is 34.1 Å².